The molecule has 0 atom stereocenters. The van der Waals surface area contributed by atoms with Gasteiger partial charge in [-0.3, -0.25) is 4.57 Å². The van der Waals surface area contributed by atoms with E-state index >= 15 is 0 Å². The van der Waals surface area contributed by atoms with Crippen molar-refractivity contribution in [2.45, 2.75) is 6.92 Å². The lowest BCUT2D eigenvalue weighted by Crippen LogP contribution is -2.15. The van der Waals surface area contributed by atoms with E-state index in [1.807, 2.05) is 0 Å². The number of nitrogens with one attached hydrogen (secondary N) is 1. The Balaban J connectivity index is 2.69. The highest BCUT2D eigenvalue weighted by atomic mass is 19.1. The van der Waals surface area contributed by atoms with E-state index in [0.29, 0.717) is 5.56 Å². The first-order chi connectivity index (χ1) is 6.70. The maximum Gasteiger partial charge on any atom is 0.330 e. The molecule has 0 amide bonds. The molecule has 0 aliphatic rings. The Morgan fingerprint density at radius 3 is 2.86 bits per heavy atom. The molecule has 0 fully saturated rings. The van der Waals surface area contributed by atoms with E-state index < -0.39 is 0 Å². The van der Waals surface area contributed by atoms with Gasteiger partial charge in [0, 0.05) is 12.4 Å². The summed E-state index contributed by atoms with van der Waals surface area (Å²) in [5.41, 5.74) is 0.460. The molecule has 1 aromatic carbocycles. The van der Waals surface area contributed by atoms with Crippen LogP contribution in [0.1, 0.15) is 5.56 Å². The minimum atomic E-state index is -0.366. The number of halogens is 1. The molecule has 72 valence electrons. The summed E-state index contributed by atoms with van der Waals surface area (Å²) < 4.78 is 14.8. The lowest BCUT2D eigenvalue weighted by atomic mass is 10.2. The van der Waals surface area contributed by atoms with Crippen LogP contribution in [0.4, 0.5) is 4.39 Å². The molecule has 2 aromatic rings. The third-order valence-electron chi connectivity index (χ3n) is 2.08. The number of H-pyrrole nitrogens is 1. The minimum absolute atomic E-state index is 0.274. The normalized spacial score (nSPS) is 10.4. The molecule has 0 saturated carbocycles. The van der Waals surface area contributed by atoms with Gasteiger partial charge in [0.05, 0.1) is 5.69 Å². The fourth-order valence-corrected chi connectivity index (χ4v) is 1.33. The van der Waals surface area contributed by atoms with Crippen molar-refractivity contribution in [2.24, 2.45) is 0 Å². The number of benzene rings is 1. The molecule has 0 unspecified atom stereocenters. The predicted molar refractivity (Wildman–Crippen MR) is 51.1 cm³/mol. The van der Waals surface area contributed by atoms with Gasteiger partial charge in [-0.15, -0.1) is 0 Å². The van der Waals surface area contributed by atoms with E-state index in [-0.39, 0.29) is 17.2 Å². The number of hydrogen-bond donors (Lipinski definition) is 1. The molecule has 0 aliphatic heterocycles. The lowest BCUT2D eigenvalue weighted by Gasteiger charge is -2.04. The maximum absolute atomic E-state index is 13.6. The van der Waals surface area contributed by atoms with Crippen LogP contribution in [-0.2, 0) is 0 Å². The van der Waals surface area contributed by atoms with E-state index in [9.17, 15) is 9.18 Å². The highest BCUT2D eigenvalue weighted by Crippen LogP contribution is 2.14. The van der Waals surface area contributed by atoms with Gasteiger partial charge >= 0.3 is 5.69 Å². The van der Waals surface area contributed by atoms with Crippen LogP contribution in [0.3, 0.4) is 0 Å². The van der Waals surface area contributed by atoms with E-state index in [4.69, 9.17) is 0 Å². The monoisotopic (exact) mass is 192 g/mol. The van der Waals surface area contributed by atoms with Gasteiger partial charge in [0.2, 0.25) is 0 Å². The first kappa shape index (κ1) is 8.74. The molecule has 1 heterocycles. The zero-order valence-corrected chi connectivity index (χ0v) is 7.62. The second-order valence-electron chi connectivity index (χ2n) is 3.04. The van der Waals surface area contributed by atoms with Gasteiger partial charge in [-0.25, -0.2) is 9.18 Å². The summed E-state index contributed by atoms with van der Waals surface area (Å²) in [5, 5.41) is 0. The Morgan fingerprint density at radius 1 is 1.43 bits per heavy atom. The second kappa shape index (κ2) is 3.14. The van der Waals surface area contributed by atoms with Crippen molar-refractivity contribution in [1.82, 2.24) is 9.55 Å². The number of imidazole rings is 1. The third-order valence-corrected chi connectivity index (χ3v) is 2.08. The van der Waals surface area contributed by atoms with Crippen LogP contribution in [0.5, 0.6) is 0 Å². The molecule has 3 nitrogen and oxygen atoms in total. The molecule has 0 saturated heterocycles. The van der Waals surface area contributed by atoms with Crippen molar-refractivity contribution < 1.29 is 4.39 Å². The zero-order chi connectivity index (χ0) is 10.1. The van der Waals surface area contributed by atoms with Crippen LogP contribution >= 0.6 is 0 Å². The fourth-order valence-electron chi connectivity index (χ4n) is 1.33. The first-order valence-corrected chi connectivity index (χ1v) is 4.21. The average molecular weight is 192 g/mol. The van der Waals surface area contributed by atoms with Crippen LogP contribution in [-0.4, -0.2) is 9.55 Å². The molecule has 0 spiro atoms. The van der Waals surface area contributed by atoms with Gasteiger partial charge in [-0.2, -0.15) is 0 Å². The molecule has 0 bridgehead atoms. The molecular weight excluding hydrogens is 183 g/mol. The van der Waals surface area contributed by atoms with Crippen LogP contribution in [0.15, 0.2) is 35.4 Å². The summed E-state index contributed by atoms with van der Waals surface area (Å²) in [6, 6.07) is 4.95. The largest absolute Gasteiger partial charge is 0.330 e. The number of aromatic nitrogens is 2. The number of rotatable bonds is 1. The summed E-state index contributed by atoms with van der Waals surface area (Å²) >= 11 is 0. The van der Waals surface area contributed by atoms with Crippen LogP contribution in [0, 0.1) is 12.7 Å². The summed E-state index contributed by atoms with van der Waals surface area (Å²) in [6.07, 6.45) is 2.98. The van der Waals surface area contributed by atoms with Crippen molar-refractivity contribution >= 4 is 0 Å². The van der Waals surface area contributed by atoms with Crippen molar-refractivity contribution in [2.75, 3.05) is 0 Å². The Bertz CT molecular complexity index is 513. The van der Waals surface area contributed by atoms with E-state index in [2.05, 4.69) is 4.98 Å². The molecule has 0 radical (unpaired) electrons. The number of hydrogen-bond acceptors (Lipinski definition) is 1. The van der Waals surface area contributed by atoms with Crippen LogP contribution in [0.2, 0.25) is 0 Å². The SMILES string of the molecule is Cc1cccc(-n2cc[nH]c2=O)c1F. The zero-order valence-electron chi connectivity index (χ0n) is 7.62. The van der Waals surface area contributed by atoms with Crippen molar-refractivity contribution in [3.8, 4) is 5.69 Å². The predicted octanol–water partition coefficient (Wildman–Crippen LogP) is 1.61. The highest BCUT2D eigenvalue weighted by molar-refractivity contribution is 5.37. The molecule has 1 aromatic heterocycles. The number of aryl methyl sites for hydroxylation is 1. The maximum atomic E-state index is 13.6. The molecule has 14 heavy (non-hydrogen) atoms. The van der Waals surface area contributed by atoms with Crippen molar-refractivity contribution in [3.05, 3.63) is 52.5 Å². The van der Waals surface area contributed by atoms with E-state index in [1.165, 1.54) is 17.0 Å². The van der Waals surface area contributed by atoms with Gasteiger partial charge in [-0.1, -0.05) is 12.1 Å². The van der Waals surface area contributed by atoms with Crippen molar-refractivity contribution in [1.29, 1.82) is 0 Å². The first-order valence-electron chi connectivity index (χ1n) is 4.21. The molecule has 1 N–H and O–H groups in total. The van der Waals surface area contributed by atoms with Crippen LogP contribution in [0.25, 0.3) is 5.69 Å². The molecule has 4 heteroatoms. The Morgan fingerprint density at radius 2 is 2.21 bits per heavy atom. The minimum Gasteiger partial charge on any atom is -0.312 e. The Kier molecular flexibility index (Phi) is 1.96. The summed E-state index contributed by atoms with van der Waals surface area (Å²) in [7, 11) is 0. The topological polar surface area (TPSA) is 37.8 Å². The summed E-state index contributed by atoms with van der Waals surface area (Å²) in [5.74, 6) is -0.366. The third kappa shape index (κ3) is 1.25. The second-order valence-corrected chi connectivity index (χ2v) is 3.04. The standard InChI is InChI=1S/C10H9FN2O/c1-7-3-2-4-8(9(7)11)13-6-5-12-10(13)14/h2-6H,1H3,(H,12,14). The smallest absolute Gasteiger partial charge is 0.312 e. The fraction of sp³-hybridized carbons (Fsp3) is 0.100. The van der Waals surface area contributed by atoms with Gasteiger partial charge in [-0.05, 0) is 18.6 Å². The highest BCUT2D eigenvalue weighted by Gasteiger charge is 2.07. The van der Waals surface area contributed by atoms with Gasteiger partial charge < -0.3 is 4.98 Å². The van der Waals surface area contributed by atoms with Crippen molar-refractivity contribution in [3.63, 3.8) is 0 Å². The van der Waals surface area contributed by atoms with Gasteiger partial charge in [0.25, 0.3) is 0 Å². The van der Waals surface area contributed by atoms with Gasteiger partial charge in [0.15, 0.2) is 0 Å². The van der Waals surface area contributed by atoms with Gasteiger partial charge in [0.1, 0.15) is 5.82 Å². The Labute approximate surface area is 79.8 Å². The quantitative estimate of drug-likeness (QED) is 0.732. The molecular formula is C10H9FN2O. The van der Waals surface area contributed by atoms with Crippen LogP contribution < -0.4 is 5.69 Å². The molecule has 0 aliphatic carbocycles. The number of aromatic amines is 1. The van der Waals surface area contributed by atoms with E-state index in [0.717, 1.165) is 0 Å². The number of nitrogens with zero attached hydrogens (tertiary/aromatic N) is 1. The summed E-state index contributed by atoms with van der Waals surface area (Å²) in [4.78, 5) is 13.7. The lowest BCUT2D eigenvalue weighted by molar-refractivity contribution is 0.607. The average Bonchev–Trinajstić information content (AvgIpc) is 2.57. The summed E-state index contributed by atoms with van der Waals surface area (Å²) in [6.45, 7) is 1.66. The Hall–Kier alpha value is -1.84. The van der Waals surface area contributed by atoms with E-state index in [1.54, 1.807) is 25.1 Å². The molecule has 2 rings (SSSR count).